The molecular weight excluding hydrogens is 291 g/mol. The number of hydrogen-bond acceptors (Lipinski definition) is 2. The van der Waals surface area contributed by atoms with Gasteiger partial charge in [0.15, 0.2) is 0 Å². The summed E-state index contributed by atoms with van der Waals surface area (Å²) in [5, 5.41) is 4.73. The largest absolute Gasteiger partial charge is 0.314 e. The quantitative estimate of drug-likeness (QED) is 0.867. The zero-order chi connectivity index (χ0) is 14.4. The number of nitrogens with zero attached hydrogens (tertiary/aromatic N) is 1. The highest BCUT2D eigenvalue weighted by Crippen LogP contribution is 2.23. The maximum atomic E-state index is 6.07. The summed E-state index contributed by atoms with van der Waals surface area (Å²) in [7, 11) is 0. The Morgan fingerprint density at radius 3 is 2.35 bits per heavy atom. The Morgan fingerprint density at radius 1 is 1.00 bits per heavy atom. The number of hydrogen-bond donors (Lipinski definition) is 1. The third-order valence-electron chi connectivity index (χ3n) is 3.19. The summed E-state index contributed by atoms with van der Waals surface area (Å²) in [4.78, 5) is 4.05. The van der Waals surface area contributed by atoms with Crippen LogP contribution >= 0.6 is 23.2 Å². The summed E-state index contributed by atoms with van der Waals surface area (Å²) < 4.78 is 0. The van der Waals surface area contributed by atoms with E-state index in [1.807, 2.05) is 30.6 Å². The van der Waals surface area contributed by atoms with Crippen molar-refractivity contribution in [1.82, 2.24) is 10.3 Å². The summed E-state index contributed by atoms with van der Waals surface area (Å²) in [5.41, 5.74) is 2.48. The highest BCUT2D eigenvalue weighted by atomic mass is 35.5. The van der Waals surface area contributed by atoms with Gasteiger partial charge in [-0.3, -0.25) is 4.98 Å². The highest BCUT2D eigenvalue weighted by Gasteiger charge is 2.10. The smallest absolute Gasteiger partial charge is 0.0595 e. The first-order chi connectivity index (χ1) is 9.69. The predicted octanol–water partition coefficient (Wildman–Crippen LogP) is 4.15. The second-order valence-electron chi connectivity index (χ2n) is 4.77. The summed E-state index contributed by atoms with van der Waals surface area (Å²) in [6.45, 7) is 3.06. The number of aromatic nitrogens is 1. The second-order valence-corrected chi connectivity index (χ2v) is 5.58. The van der Waals surface area contributed by atoms with E-state index >= 15 is 0 Å². The third-order valence-corrected chi connectivity index (χ3v) is 3.93. The van der Waals surface area contributed by atoms with Gasteiger partial charge in [0.25, 0.3) is 0 Å². The first-order valence-electron chi connectivity index (χ1n) is 6.75. The average molecular weight is 309 g/mol. The van der Waals surface area contributed by atoms with Gasteiger partial charge >= 0.3 is 0 Å². The SMILES string of the molecule is CCNC(Cc1ccncc1)Cc1ccc(Cl)c(Cl)c1. The lowest BCUT2D eigenvalue weighted by atomic mass is 9.99. The molecule has 1 unspecified atom stereocenters. The topological polar surface area (TPSA) is 24.9 Å². The van der Waals surface area contributed by atoms with Crippen LogP contribution in [0.4, 0.5) is 0 Å². The molecule has 106 valence electrons. The van der Waals surface area contributed by atoms with Gasteiger partial charge < -0.3 is 5.32 Å². The Hall–Kier alpha value is -1.09. The van der Waals surface area contributed by atoms with Crippen LogP contribution in [0.15, 0.2) is 42.7 Å². The van der Waals surface area contributed by atoms with Crippen LogP contribution in [0.25, 0.3) is 0 Å². The van der Waals surface area contributed by atoms with E-state index in [-0.39, 0.29) is 0 Å². The molecule has 4 heteroatoms. The first kappa shape index (κ1) is 15.3. The van der Waals surface area contributed by atoms with Gasteiger partial charge in [0, 0.05) is 18.4 Å². The molecule has 2 nitrogen and oxygen atoms in total. The Balaban J connectivity index is 2.06. The van der Waals surface area contributed by atoms with E-state index in [0.29, 0.717) is 16.1 Å². The van der Waals surface area contributed by atoms with Crippen molar-refractivity contribution < 1.29 is 0 Å². The summed E-state index contributed by atoms with van der Waals surface area (Å²) in [6.07, 6.45) is 5.55. The molecule has 0 saturated heterocycles. The van der Waals surface area contributed by atoms with E-state index in [0.717, 1.165) is 19.4 Å². The van der Waals surface area contributed by atoms with Crippen LogP contribution in [0.2, 0.25) is 10.0 Å². The van der Waals surface area contributed by atoms with E-state index < -0.39 is 0 Å². The number of pyridine rings is 1. The summed E-state index contributed by atoms with van der Waals surface area (Å²) in [5.74, 6) is 0. The van der Waals surface area contributed by atoms with Gasteiger partial charge in [-0.1, -0.05) is 36.2 Å². The lowest BCUT2D eigenvalue weighted by Gasteiger charge is -2.18. The molecule has 0 amide bonds. The summed E-state index contributed by atoms with van der Waals surface area (Å²) >= 11 is 12.0. The van der Waals surface area contributed by atoms with Gasteiger partial charge in [-0.05, 0) is 54.8 Å². The minimum absolute atomic E-state index is 0.375. The maximum Gasteiger partial charge on any atom is 0.0595 e. The molecule has 0 fully saturated rings. The van der Waals surface area contributed by atoms with Crippen molar-refractivity contribution in [2.75, 3.05) is 6.54 Å². The van der Waals surface area contributed by atoms with Gasteiger partial charge in [-0.25, -0.2) is 0 Å². The molecule has 1 aromatic heterocycles. The first-order valence-corrected chi connectivity index (χ1v) is 7.51. The molecule has 0 radical (unpaired) electrons. The molecule has 1 N–H and O–H groups in total. The van der Waals surface area contributed by atoms with E-state index in [4.69, 9.17) is 23.2 Å². The van der Waals surface area contributed by atoms with Crippen molar-refractivity contribution in [1.29, 1.82) is 0 Å². The zero-order valence-corrected chi connectivity index (χ0v) is 13.0. The van der Waals surface area contributed by atoms with Crippen molar-refractivity contribution in [3.05, 3.63) is 63.9 Å². The Morgan fingerprint density at radius 2 is 1.70 bits per heavy atom. The number of nitrogens with one attached hydrogen (secondary N) is 1. The monoisotopic (exact) mass is 308 g/mol. The molecule has 0 saturated carbocycles. The molecule has 2 rings (SSSR count). The lowest BCUT2D eigenvalue weighted by Crippen LogP contribution is -2.33. The average Bonchev–Trinajstić information content (AvgIpc) is 2.44. The van der Waals surface area contributed by atoms with E-state index in [1.165, 1.54) is 11.1 Å². The van der Waals surface area contributed by atoms with E-state index in [2.05, 4.69) is 29.4 Å². The molecule has 0 bridgehead atoms. The maximum absolute atomic E-state index is 6.07. The fourth-order valence-electron chi connectivity index (χ4n) is 2.26. The number of benzene rings is 1. The van der Waals surface area contributed by atoms with Crippen LogP contribution in [-0.4, -0.2) is 17.6 Å². The molecule has 0 spiro atoms. The van der Waals surface area contributed by atoms with Gasteiger partial charge in [0.2, 0.25) is 0 Å². The zero-order valence-electron chi connectivity index (χ0n) is 11.4. The second kappa shape index (κ2) is 7.63. The van der Waals surface area contributed by atoms with Crippen LogP contribution in [0.1, 0.15) is 18.1 Å². The molecule has 1 heterocycles. The molecule has 0 aliphatic heterocycles. The third kappa shape index (κ3) is 4.48. The molecule has 20 heavy (non-hydrogen) atoms. The minimum Gasteiger partial charge on any atom is -0.314 e. The normalized spacial score (nSPS) is 12.3. The van der Waals surface area contributed by atoms with Gasteiger partial charge in [0.05, 0.1) is 10.0 Å². The molecule has 0 aliphatic rings. The van der Waals surface area contributed by atoms with Crippen molar-refractivity contribution in [3.63, 3.8) is 0 Å². The molecule has 0 aliphatic carbocycles. The van der Waals surface area contributed by atoms with Gasteiger partial charge in [-0.2, -0.15) is 0 Å². The standard InChI is InChI=1S/C16H18Cl2N2/c1-2-20-14(9-12-5-7-19-8-6-12)10-13-3-4-15(17)16(18)11-13/h3-8,11,14,20H,2,9-10H2,1H3. The fraction of sp³-hybridized carbons (Fsp3) is 0.312. The molecule has 1 aromatic carbocycles. The lowest BCUT2D eigenvalue weighted by molar-refractivity contribution is 0.521. The number of halogens is 2. The Bertz CT molecular complexity index is 543. The molecule has 1 atom stereocenters. The minimum atomic E-state index is 0.375. The van der Waals surface area contributed by atoms with Crippen LogP contribution in [0, 0.1) is 0 Å². The predicted molar refractivity (Wildman–Crippen MR) is 85.6 cm³/mol. The van der Waals surface area contributed by atoms with E-state index in [1.54, 1.807) is 0 Å². The van der Waals surface area contributed by atoms with Crippen molar-refractivity contribution in [3.8, 4) is 0 Å². The Labute approximate surface area is 130 Å². The van der Waals surface area contributed by atoms with Gasteiger partial charge in [-0.15, -0.1) is 0 Å². The molecular formula is C16H18Cl2N2. The van der Waals surface area contributed by atoms with Gasteiger partial charge in [0.1, 0.15) is 0 Å². The molecule has 2 aromatic rings. The number of likely N-dealkylation sites (N-methyl/N-ethyl adjacent to an activating group) is 1. The van der Waals surface area contributed by atoms with Crippen LogP contribution in [0.5, 0.6) is 0 Å². The highest BCUT2D eigenvalue weighted by molar-refractivity contribution is 6.42. The van der Waals surface area contributed by atoms with Crippen molar-refractivity contribution in [2.24, 2.45) is 0 Å². The van der Waals surface area contributed by atoms with E-state index in [9.17, 15) is 0 Å². The summed E-state index contributed by atoms with van der Waals surface area (Å²) in [6, 6.07) is 10.3. The van der Waals surface area contributed by atoms with Crippen molar-refractivity contribution in [2.45, 2.75) is 25.8 Å². The van der Waals surface area contributed by atoms with Crippen LogP contribution in [-0.2, 0) is 12.8 Å². The van der Waals surface area contributed by atoms with Crippen molar-refractivity contribution >= 4 is 23.2 Å². The van der Waals surface area contributed by atoms with Crippen LogP contribution in [0.3, 0.4) is 0 Å². The van der Waals surface area contributed by atoms with Crippen LogP contribution < -0.4 is 5.32 Å². The Kier molecular flexibility index (Phi) is 5.84. The fourth-order valence-corrected chi connectivity index (χ4v) is 2.58. The number of rotatable bonds is 6.